The second kappa shape index (κ2) is 7.23. The van der Waals surface area contributed by atoms with E-state index in [0.29, 0.717) is 18.7 Å². The second-order valence-corrected chi connectivity index (χ2v) is 5.82. The first-order chi connectivity index (χ1) is 9.75. The monoisotopic (exact) mass is 312 g/mol. The maximum absolute atomic E-state index is 14.4. The number of hydrogen-bond acceptors (Lipinski definition) is 2. The zero-order valence-corrected chi connectivity index (χ0v) is 12.9. The molecule has 0 spiro atoms. The van der Waals surface area contributed by atoms with Crippen LogP contribution in [0.25, 0.3) is 0 Å². The lowest BCUT2D eigenvalue weighted by Gasteiger charge is -2.22. The third kappa shape index (κ3) is 3.55. The molecule has 0 aromatic heterocycles. The minimum Gasteiger partial charge on any atom is -0.323 e. The Hall–Kier alpha value is -1.13. The van der Waals surface area contributed by atoms with Crippen molar-refractivity contribution in [1.29, 1.82) is 0 Å². The number of nitrogens with one attached hydrogen (secondary N) is 2. The van der Waals surface area contributed by atoms with Gasteiger partial charge >= 0.3 is 0 Å². The van der Waals surface area contributed by atoms with Gasteiger partial charge in [0.25, 0.3) is 0 Å². The third-order valence-corrected chi connectivity index (χ3v) is 4.44. The van der Waals surface area contributed by atoms with Gasteiger partial charge in [0.1, 0.15) is 5.82 Å². The summed E-state index contributed by atoms with van der Waals surface area (Å²) in [5.41, 5.74) is 2.11. The first kappa shape index (κ1) is 16.2. The quantitative estimate of drug-likeness (QED) is 0.878. The van der Waals surface area contributed by atoms with Crippen molar-refractivity contribution in [3.8, 4) is 0 Å². The van der Waals surface area contributed by atoms with Gasteiger partial charge in [-0.1, -0.05) is 25.3 Å². The lowest BCUT2D eigenvalue weighted by atomic mass is 9.88. The summed E-state index contributed by atoms with van der Waals surface area (Å²) in [7, 11) is 0. The van der Waals surface area contributed by atoms with Gasteiger partial charge in [-0.05, 0) is 43.0 Å². The molecule has 5 heteroatoms. The highest BCUT2D eigenvalue weighted by atomic mass is 35.5. The number of carbonyl (C=O) groups excluding carboxylic acids is 1. The van der Waals surface area contributed by atoms with Crippen LogP contribution in [-0.4, -0.2) is 12.5 Å². The predicted octanol–water partition coefficient (Wildman–Crippen LogP) is 3.41. The van der Waals surface area contributed by atoms with E-state index >= 15 is 0 Å². The molecule has 0 radical (unpaired) electrons. The number of carbonyl (C=O) groups is 1. The number of benzene rings is 1. The standard InChI is InChI=1S/C16H21FN2O.ClH/c17-15-13-8-9-18-10-12(13)6-7-14(15)19-16(20)11-4-2-1-3-5-11;/h6-7,11,18H,1-5,8-10H2,(H,19,20);1H. The molecular weight excluding hydrogens is 291 g/mol. The van der Waals surface area contributed by atoms with Crippen molar-refractivity contribution in [2.75, 3.05) is 11.9 Å². The molecule has 1 heterocycles. The molecule has 1 aromatic rings. The van der Waals surface area contributed by atoms with Crippen molar-refractivity contribution in [3.63, 3.8) is 0 Å². The number of hydrogen-bond donors (Lipinski definition) is 2. The average molecular weight is 313 g/mol. The van der Waals surface area contributed by atoms with Crippen molar-refractivity contribution in [3.05, 3.63) is 29.1 Å². The molecule has 3 nitrogen and oxygen atoms in total. The van der Waals surface area contributed by atoms with Crippen LogP contribution in [-0.2, 0) is 17.8 Å². The minimum absolute atomic E-state index is 0. The van der Waals surface area contributed by atoms with Crippen LogP contribution in [0, 0.1) is 11.7 Å². The van der Waals surface area contributed by atoms with Crippen LogP contribution in [0.2, 0.25) is 0 Å². The molecule has 2 aliphatic rings. The Bertz CT molecular complexity index is 515. The van der Waals surface area contributed by atoms with Crippen LogP contribution in [0.1, 0.15) is 43.2 Å². The zero-order valence-electron chi connectivity index (χ0n) is 12.1. The van der Waals surface area contributed by atoms with E-state index in [-0.39, 0.29) is 30.0 Å². The summed E-state index contributed by atoms with van der Waals surface area (Å²) in [4.78, 5) is 12.2. The number of fused-ring (bicyclic) bond motifs is 1. The third-order valence-electron chi connectivity index (χ3n) is 4.44. The molecule has 1 aromatic carbocycles. The van der Waals surface area contributed by atoms with E-state index in [1.165, 1.54) is 6.42 Å². The summed E-state index contributed by atoms with van der Waals surface area (Å²) in [5.74, 6) is -0.202. The Kier molecular flexibility index (Phi) is 5.59. The fourth-order valence-electron chi connectivity index (χ4n) is 3.23. The molecule has 3 rings (SSSR count). The molecule has 0 bridgehead atoms. The zero-order chi connectivity index (χ0) is 13.9. The molecule has 1 aliphatic carbocycles. The molecule has 21 heavy (non-hydrogen) atoms. The molecule has 2 N–H and O–H groups in total. The number of amides is 1. The molecule has 1 saturated carbocycles. The first-order valence-corrected chi connectivity index (χ1v) is 7.57. The van der Waals surface area contributed by atoms with E-state index in [2.05, 4.69) is 10.6 Å². The Morgan fingerprint density at radius 3 is 2.76 bits per heavy atom. The number of anilines is 1. The van der Waals surface area contributed by atoms with Gasteiger partial charge in [0, 0.05) is 12.5 Å². The highest BCUT2D eigenvalue weighted by molar-refractivity contribution is 5.92. The van der Waals surface area contributed by atoms with Crippen molar-refractivity contribution < 1.29 is 9.18 Å². The van der Waals surface area contributed by atoms with E-state index in [9.17, 15) is 9.18 Å². The van der Waals surface area contributed by atoms with Crippen LogP contribution in [0.4, 0.5) is 10.1 Å². The summed E-state index contributed by atoms with van der Waals surface area (Å²) in [6, 6.07) is 3.61. The summed E-state index contributed by atoms with van der Waals surface area (Å²) < 4.78 is 14.4. The van der Waals surface area contributed by atoms with Gasteiger partial charge in [0.2, 0.25) is 5.91 Å². The molecule has 0 saturated heterocycles. The van der Waals surface area contributed by atoms with Crippen molar-refractivity contribution in [2.24, 2.45) is 5.92 Å². The summed E-state index contributed by atoms with van der Waals surface area (Å²) >= 11 is 0. The molecule has 1 fully saturated rings. The van der Waals surface area contributed by atoms with Crippen LogP contribution >= 0.6 is 12.4 Å². The normalized spacial score (nSPS) is 18.5. The molecule has 1 aliphatic heterocycles. The lowest BCUT2D eigenvalue weighted by Crippen LogP contribution is -2.27. The van der Waals surface area contributed by atoms with Gasteiger partial charge in [-0.2, -0.15) is 0 Å². The van der Waals surface area contributed by atoms with Gasteiger partial charge in [0.05, 0.1) is 5.69 Å². The highest BCUT2D eigenvalue weighted by Gasteiger charge is 2.23. The van der Waals surface area contributed by atoms with Crippen LogP contribution in [0.3, 0.4) is 0 Å². The predicted molar refractivity (Wildman–Crippen MR) is 84.3 cm³/mol. The van der Waals surface area contributed by atoms with Gasteiger partial charge < -0.3 is 10.6 Å². The fraction of sp³-hybridized carbons (Fsp3) is 0.562. The highest BCUT2D eigenvalue weighted by Crippen LogP contribution is 2.28. The van der Waals surface area contributed by atoms with Crippen LogP contribution in [0.15, 0.2) is 12.1 Å². The largest absolute Gasteiger partial charge is 0.323 e. The number of rotatable bonds is 2. The topological polar surface area (TPSA) is 41.1 Å². The van der Waals surface area contributed by atoms with Crippen molar-refractivity contribution >= 4 is 24.0 Å². The molecule has 0 unspecified atom stereocenters. The first-order valence-electron chi connectivity index (χ1n) is 7.57. The van der Waals surface area contributed by atoms with Crippen LogP contribution < -0.4 is 10.6 Å². The lowest BCUT2D eigenvalue weighted by molar-refractivity contribution is -0.120. The van der Waals surface area contributed by atoms with E-state index in [4.69, 9.17) is 0 Å². The van der Waals surface area contributed by atoms with Gasteiger partial charge in [-0.25, -0.2) is 4.39 Å². The van der Waals surface area contributed by atoms with E-state index in [0.717, 1.165) is 43.4 Å². The Balaban J connectivity index is 0.00000161. The van der Waals surface area contributed by atoms with Crippen molar-refractivity contribution in [2.45, 2.75) is 45.1 Å². The summed E-state index contributed by atoms with van der Waals surface area (Å²) in [6.07, 6.45) is 5.98. The Morgan fingerprint density at radius 1 is 1.24 bits per heavy atom. The average Bonchev–Trinajstić information content (AvgIpc) is 2.51. The van der Waals surface area contributed by atoms with E-state index in [1.54, 1.807) is 6.07 Å². The SMILES string of the molecule is Cl.O=C(Nc1ccc2c(c1F)CCNC2)C1CCCCC1. The summed E-state index contributed by atoms with van der Waals surface area (Å²) in [5, 5.41) is 6.02. The minimum atomic E-state index is -0.242. The maximum atomic E-state index is 14.4. The van der Waals surface area contributed by atoms with Gasteiger partial charge in [0.15, 0.2) is 0 Å². The maximum Gasteiger partial charge on any atom is 0.227 e. The second-order valence-electron chi connectivity index (χ2n) is 5.82. The van der Waals surface area contributed by atoms with E-state index < -0.39 is 0 Å². The molecular formula is C16H22ClFN2O. The van der Waals surface area contributed by atoms with Gasteiger partial charge in [-0.3, -0.25) is 4.79 Å². The molecule has 0 atom stereocenters. The Morgan fingerprint density at radius 2 is 2.00 bits per heavy atom. The Labute approximate surface area is 131 Å². The molecule has 116 valence electrons. The van der Waals surface area contributed by atoms with Gasteiger partial charge in [-0.15, -0.1) is 12.4 Å². The number of halogens is 2. The smallest absolute Gasteiger partial charge is 0.227 e. The van der Waals surface area contributed by atoms with Crippen LogP contribution in [0.5, 0.6) is 0 Å². The summed E-state index contributed by atoms with van der Waals surface area (Å²) in [6.45, 7) is 1.51. The molecule has 1 amide bonds. The van der Waals surface area contributed by atoms with E-state index in [1.807, 2.05) is 6.07 Å². The fourth-order valence-corrected chi connectivity index (χ4v) is 3.23. The van der Waals surface area contributed by atoms with Crippen molar-refractivity contribution in [1.82, 2.24) is 5.32 Å².